The Hall–Kier alpha value is -3.13. The van der Waals surface area contributed by atoms with Crippen LogP contribution in [0.3, 0.4) is 0 Å². The summed E-state index contributed by atoms with van der Waals surface area (Å²) in [5.41, 5.74) is 6.96. The molecule has 5 nitrogen and oxygen atoms in total. The van der Waals surface area contributed by atoms with E-state index in [1.165, 1.54) is 17.1 Å². The molecule has 25 heavy (non-hydrogen) atoms. The highest BCUT2D eigenvalue weighted by Crippen LogP contribution is 2.37. The zero-order chi connectivity index (χ0) is 17.6. The van der Waals surface area contributed by atoms with Crippen molar-refractivity contribution < 1.29 is 23.0 Å². The van der Waals surface area contributed by atoms with Gasteiger partial charge < -0.3 is 9.84 Å². The van der Waals surface area contributed by atoms with E-state index in [1.807, 2.05) is 30.3 Å². The number of ether oxygens (including phenoxy) is 1. The van der Waals surface area contributed by atoms with Crippen molar-refractivity contribution in [3.8, 4) is 5.75 Å². The molecular weight excluding hydrogens is 335 g/mol. The monoisotopic (exact) mass is 346 g/mol. The van der Waals surface area contributed by atoms with Gasteiger partial charge in [0.2, 0.25) is 5.88 Å². The largest absolute Gasteiger partial charge is 0.573 e. The molecule has 4 rings (SSSR count). The average molecular weight is 346 g/mol. The van der Waals surface area contributed by atoms with Gasteiger partial charge in [-0.15, -0.1) is 13.2 Å². The highest BCUT2D eigenvalue weighted by atomic mass is 19.4. The number of aliphatic hydroxyl groups excluding tert-OH is 1. The van der Waals surface area contributed by atoms with Crippen LogP contribution in [0.2, 0.25) is 0 Å². The summed E-state index contributed by atoms with van der Waals surface area (Å²) in [5.74, 6) is -0.458. The second-order valence-corrected chi connectivity index (χ2v) is 5.36. The van der Waals surface area contributed by atoms with E-state index in [4.69, 9.17) is 0 Å². The molecule has 0 spiro atoms. The smallest absolute Gasteiger partial charge is 0.492 e. The predicted molar refractivity (Wildman–Crippen MR) is 85.3 cm³/mol. The Morgan fingerprint density at radius 3 is 2.36 bits per heavy atom. The maximum absolute atomic E-state index is 12.2. The molecule has 0 saturated carbocycles. The molecule has 8 heteroatoms. The summed E-state index contributed by atoms with van der Waals surface area (Å²) < 4.78 is 40.5. The summed E-state index contributed by atoms with van der Waals surface area (Å²) in [6, 6.07) is 12.6. The molecule has 0 amide bonds. The van der Waals surface area contributed by atoms with E-state index in [1.54, 1.807) is 11.1 Å². The molecule has 2 aliphatic rings. The molecule has 2 aliphatic heterocycles. The first kappa shape index (κ1) is 15.4. The number of hydrogen-bond donors (Lipinski definition) is 1. The van der Waals surface area contributed by atoms with E-state index in [0.717, 1.165) is 23.4 Å². The van der Waals surface area contributed by atoms with Gasteiger partial charge in [0.05, 0.1) is 11.4 Å². The number of rotatable bonds is 2. The van der Waals surface area contributed by atoms with Gasteiger partial charge in [-0.25, -0.2) is 10.0 Å². The standard InChI is InChI=1S/C17H11F3N3O2/c18-17(19,20)25-13-8-6-12(7-9-13)22-16(24)15-10-5-11-3-1-2-4-14(11)23(15)21-22/h1-10,24H. The molecular formula is C17H11F3N3O2. The van der Waals surface area contributed by atoms with Crippen LogP contribution in [0.15, 0.2) is 66.2 Å². The predicted octanol–water partition coefficient (Wildman–Crippen LogP) is 4.10. The first-order valence-corrected chi connectivity index (χ1v) is 7.30. The Bertz CT molecular complexity index is 875. The fraction of sp³-hybridized carbons (Fsp3) is 0.0588. The molecule has 2 aromatic carbocycles. The quantitative estimate of drug-likeness (QED) is 0.889. The normalized spacial score (nSPS) is 16.1. The number of alkyl halides is 3. The summed E-state index contributed by atoms with van der Waals surface area (Å²) in [6.45, 7) is 0. The van der Waals surface area contributed by atoms with E-state index < -0.39 is 6.36 Å². The minimum atomic E-state index is -4.75. The van der Waals surface area contributed by atoms with Gasteiger partial charge in [0.1, 0.15) is 11.4 Å². The number of fused-ring (bicyclic) bond motifs is 3. The van der Waals surface area contributed by atoms with Crippen molar-refractivity contribution >= 4 is 17.5 Å². The van der Waals surface area contributed by atoms with Crippen LogP contribution in [0.1, 0.15) is 5.56 Å². The molecule has 0 aliphatic carbocycles. The second kappa shape index (κ2) is 5.45. The fourth-order valence-corrected chi connectivity index (χ4v) is 2.66. The van der Waals surface area contributed by atoms with Crippen LogP contribution in [0.4, 0.5) is 24.5 Å². The lowest BCUT2D eigenvalue weighted by Gasteiger charge is -2.24. The third kappa shape index (κ3) is 2.76. The highest BCUT2D eigenvalue weighted by Gasteiger charge is 2.35. The molecule has 0 saturated heterocycles. The van der Waals surface area contributed by atoms with E-state index in [2.05, 4.69) is 10.3 Å². The third-order valence-electron chi connectivity index (χ3n) is 3.74. The Kier molecular flexibility index (Phi) is 3.36. The van der Waals surface area contributed by atoms with Gasteiger partial charge in [-0.3, -0.25) is 0 Å². The Morgan fingerprint density at radius 2 is 1.64 bits per heavy atom. The molecule has 0 unspecified atom stereocenters. The molecule has 0 bridgehead atoms. The zero-order valence-electron chi connectivity index (χ0n) is 12.6. The number of halogens is 3. The van der Waals surface area contributed by atoms with Crippen LogP contribution in [-0.2, 0) is 0 Å². The van der Waals surface area contributed by atoms with Crippen molar-refractivity contribution in [2.75, 3.05) is 10.0 Å². The maximum Gasteiger partial charge on any atom is 0.573 e. The fourth-order valence-electron chi connectivity index (χ4n) is 2.66. The SMILES string of the molecule is OC1=C2C=Cc3ccccc3N2[N]N1c1ccc(OC(F)(F)F)cc1. The highest BCUT2D eigenvalue weighted by molar-refractivity contribution is 5.78. The van der Waals surface area contributed by atoms with Gasteiger partial charge in [0, 0.05) is 0 Å². The first-order chi connectivity index (χ1) is 11.9. The van der Waals surface area contributed by atoms with Crippen LogP contribution in [-0.4, -0.2) is 11.5 Å². The Balaban J connectivity index is 1.62. The first-order valence-electron chi connectivity index (χ1n) is 7.30. The van der Waals surface area contributed by atoms with E-state index >= 15 is 0 Å². The van der Waals surface area contributed by atoms with Gasteiger partial charge in [-0.05, 0) is 47.5 Å². The van der Waals surface area contributed by atoms with Crippen LogP contribution in [0, 0.1) is 0 Å². The van der Waals surface area contributed by atoms with Gasteiger partial charge in [0.25, 0.3) is 0 Å². The van der Waals surface area contributed by atoms with E-state index in [9.17, 15) is 18.3 Å². The topological polar surface area (TPSA) is 50.0 Å². The number of anilines is 2. The molecule has 0 fully saturated rings. The van der Waals surface area contributed by atoms with E-state index in [-0.39, 0.29) is 11.6 Å². The summed E-state index contributed by atoms with van der Waals surface area (Å²) >= 11 is 0. The molecule has 1 N–H and O–H groups in total. The van der Waals surface area contributed by atoms with Gasteiger partial charge in [0.15, 0.2) is 0 Å². The zero-order valence-corrected chi connectivity index (χ0v) is 12.6. The van der Waals surface area contributed by atoms with Crippen molar-refractivity contribution in [3.05, 3.63) is 71.8 Å². The minimum Gasteiger partial charge on any atom is -0.492 e. The Morgan fingerprint density at radius 1 is 0.920 bits per heavy atom. The number of benzene rings is 2. The lowest BCUT2D eigenvalue weighted by molar-refractivity contribution is -0.274. The number of allylic oxidation sites excluding steroid dienone is 1. The van der Waals surface area contributed by atoms with Crippen LogP contribution in [0.25, 0.3) is 6.08 Å². The third-order valence-corrected chi connectivity index (χ3v) is 3.74. The lowest BCUT2D eigenvalue weighted by atomic mass is 10.1. The van der Waals surface area contributed by atoms with Crippen molar-refractivity contribution in [3.63, 3.8) is 0 Å². The van der Waals surface area contributed by atoms with Crippen molar-refractivity contribution in [1.29, 1.82) is 0 Å². The van der Waals surface area contributed by atoms with Gasteiger partial charge in [-0.2, -0.15) is 0 Å². The molecule has 127 valence electrons. The summed E-state index contributed by atoms with van der Waals surface area (Å²) in [6.07, 6.45) is -1.17. The van der Waals surface area contributed by atoms with Crippen LogP contribution < -0.4 is 20.3 Å². The van der Waals surface area contributed by atoms with Crippen molar-refractivity contribution in [2.45, 2.75) is 6.36 Å². The second-order valence-electron chi connectivity index (χ2n) is 5.36. The van der Waals surface area contributed by atoms with Crippen molar-refractivity contribution in [2.24, 2.45) is 0 Å². The Labute approximate surface area is 140 Å². The minimum absolute atomic E-state index is 0.116. The average Bonchev–Trinajstić information content (AvgIpc) is 2.92. The number of aliphatic hydroxyl groups is 1. The van der Waals surface area contributed by atoms with Crippen LogP contribution in [0.5, 0.6) is 5.75 Å². The number of para-hydroxylation sites is 1. The molecule has 2 aromatic rings. The summed E-state index contributed by atoms with van der Waals surface area (Å²) in [7, 11) is 0. The van der Waals surface area contributed by atoms with E-state index in [0.29, 0.717) is 11.4 Å². The van der Waals surface area contributed by atoms with Crippen LogP contribution >= 0.6 is 0 Å². The summed E-state index contributed by atoms with van der Waals surface area (Å²) in [4.78, 5) is 0. The number of hydrogen-bond acceptors (Lipinski definition) is 4. The molecule has 0 atom stereocenters. The summed E-state index contributed by atoms with van der Waals surface area (Å²) in [5, 5.41) is 13.2. The molecule has 0 aromatic heterocycles. The number of nitrogens with zero attached hydrogens (tertiary/aromatic N) is 3. The molecule has 1 radical (unpaired) electrons. The van der Waals surface area contributed by atoms with Gasteiger partial charge in [-0.1, -0.05) is 24.3 Å². The maximum atomic E-state index is 12.2. The van der Waals surface area contributed by atoms with Crippen molar-refractivity contribution in [1.82, 2.24) is 5.53 Å². The van der Waals surface area contributed by atoms with Gasteiger partial charge >= 0.3 is 6.36 Å². The lowest BCUT2D eigenvalue weighted by Crippen LogP contribution is -2.35. The molecule has 2 heterocycles.